The Kier molecular flexibility index (Phi) is 3.94. The van der Waals surface area contributed by atoms with Gasteiger partial charge in [0.15, 0.2) is 0 Å². The van der Waals surface area contributed by atoms with Crippen LogP contribution in [0.3, 0.4) is 0 Å². The van der Waals surface area contributed by atoms with E-state index < -0.39 is 0 Å². The van der Waals surface area contributed by atoms with Crippen molar-refractivity contribution in [3.8, 4) is 0 Å². The van der Waals surface area contributed by atoms with E-state index in [0.29, 0.717) is 0 Å². The van der Waals surface area contributed by atoms with Crippen LogP contribution >= 0.6 is 0 Å². The van der Waals surface area contributed by atoms with E-state index in [0.717, 1.165) is 24.3 Å². The third-order valence-corrected chi connectivity index (χ3v) is 2.67. The predicted octanol–water partition coefficient (Wildman–Crippen LogP) is 3.31. The van der Waals surface area contributed by atoms with E-state index >= 15 is 0 Å². The number of hydrogen-bond acceptors (Lipinski definition) is 2. The fourth-order valence-corrected chi connectivity index (χ4v) is 1.91. The van der Waals surface area contributed by atoms with Crippen LogP contribution in [-0.4, -0.2) is 6.54 Å². The van der Waals surface area contributed by atoms with E-state index in [1.165, 1.54) is 6.07 Å². The molecule has 1 aromatic heterocycles. The van der Waals surface area contributed by atoms with E-state index in [2.05, 4.69) is 5.32 Å². The number of rotatable bonds is 5. The molecule has 0 aliphatic rings. The molecule has 1 N–H and O–H groups in total. The SMILES string of the molecule is CCNC(Cc1cccc(F)c1)c1ccco1. The van der Waals surface area contributed by atoms with Crippen molar-refractivity contribution in [1.29, 1.82) is 0 Å². The molecule has 0 aliphatic heterocycles. The van der Waals surface area contributed by atoms with Crippen LogP contribution in [0.2, 0.25) is 0 Å². The van der Waals surface area contributed by atoms with Crippen molar-refractivity contribution in [1.82, 2.24) is 5.32 Å². The van der Waals surface area contributed by atoms with Crippen LogP contribution in [0.1, 0.15) is 24.3 Å². The lowest BCUT2D eigenvalue weighted by atomic mass is 10.0. The molecule has 1 heterocycles. The zero-order valence-corrected chi connectivity index (χ0v) is 9.82. The summed E-state index contributed by atoms with van der Waals surface area (Å²) in [6.07, 6.45) is 2.38. The summed E-state index contributed by atoms with van der Waals surface area (Å²) in [5.74, 6) is 0.688. The average Bonchev–Trinajstić information content (AvgIpc) is 2.82. The molecule has 2 nitrogen and oxygen atoms in total. The molecular formula is C14H16FNO. The molecule has 0 spiro atoms. The first-order valence-corrected chi connectivity index (χ1v) is 5.81. The van der Waals surface area contributed by atoms with Crippen molar-refractivity contribution in [2.24, 2.45) is 0 Å². The lowest BCUT2D eigenvalue weighted by Gasteiger charge is -2.15. The predicted molar refractivity (Wildman–Crippen MR) is 65.2 cm³/mol. The van der Waals surface area contributed by atoms with Crippen molar-refractivity contribution in [2.75, 3.05) is 6.54 Å². The van der Waals surface area contributed by atoms with Crippen molar-refractivity contribution >= 4 is 0 Å². The maximum atomic E-state index is 13.1. The van der Waals surface area contributed by atoms with Gasteiger partial charge in [-0.25, -0.2) is 4.39 Å². The summed E-state index contributed by atoms with van der Waals surface area (Å²) in [4.78, 5) is 0. The normalized spacial score (nSPS) is 12.6. The number of halogens is 1. The van der Waals surface area contributed by atoms with E-state index in [1.54, 1.807) is 18.4 Å². The van der Waals surface area contributed by atoms with E-state index in [-0.39, 0.29) is 11.9 Å². The summed E-state index contributed by atoms with van der Waals surface area (Å²) < 4.78 is 18.5. The minimum absolute atomic E-state index is 0.0943. The quantitative estimate of drug-likeness (QED) is 0.857. The maximum Gasteiger partial charge on any atom is 0.123 e. The first kappa shape index (κ1) is 11.9. The van der Waals surface area contributed by atoms with Gasteiger partial charge in [0.1, 0.15) is 11.6 Å². The molecule has 0 aliphatic carbocycles. The van der Waals surface area contributed by atoms with Gasteiger partial charge in [-0.05, 0) is 42.8 Å². The Bertz CT molecular complexity index is 453. The summed E-state index contributed by atoms with van der Waals surface area (Å²) >= 11 is 0. The summed E-state index contributed by atoms with van der Waals surface area (Å²) in [6.45, 7) is 2.89. The first-order valence-electron chi connectivity index (χ1n) is 5.81. The van der Waals surface area contributed by atoms with Crippen molar-refractivity contribution in [2.45, 2.75) is 19.4 Å². The number of benzene rings is 1. The zero-order valence-electron chi connectivity index (χ0n) is 9.82. The Balaban J connectivity index is 2.13. The standard InChI is InChI=1S/C14H16FNO/c1-2-16-13(14-7-4-8-17-14)10-11-5-3-6-12(15)9-11/h3-9,13,16H,2,10H2,1H3. The third kappa shape index (κ3) is 3.17. The molecule has 0 radical (unpaired) electrons. The van der Waals surface area contributed by atoms with Crippen LogP contribution in [0, 0.1) is 5.82 Å². The molecule has 90 valence electrons. The Morgan fingerprint density at radius 3 is 2.82 bits per heavy atom. The van der Waals surface area contributed by atoms with E-state index in [1.807, 2.05) is 25.1 Å². The Morgan fingerprint density at radius 2 is 2.18 bits per heavy atom. The van der Waals surface area contributed by atoms with Gasteiger partial charge in [0.05, 0.1) is 12.3 Å². The molecule has 3 heteroatoms. The molecule has 0 saturated heterocycles. The van der Waals surface area contributed by atoms with Gasteiger partial charge in [-0.1, -0.05) is 19.1 Å². The summed E-state index contributed by atoms with van der Waals surface area (Å²) in [5, 5.41) is 3.34. The highest BCUT2D eigenvalue weighted by atomic mass is 19.1. The minimum atomic E-state index is -0.197. The third-order valence-electron chi connectivity index (χ3n) is 2.67. The van der Waals surface area contributed by atoms with Gasteiger partial charge >= 0.3 is 0 Å². The number of hydrogen-bond donors (Lipinski definition) is 1. The van der Waals surface area contributed by atoms with Crippen LogP contribution in [-0.2, 0) is 6.42 Å². The molecule has 1 unspecified atom stereocenters. The lowest BCUT2D eigenvalue weighted by Crippen LogP contribution is -2.22. The Labute approximate surface area is 100 Å². The molecule has 0 saturated carbocycles. The maximum absolute atomic E-state index is 13.1. The van der Waals surface area contributed by atoms with Crippen molar-refractivity contribution < 1.29 is 8.81 Å². The summed E-state index contributed by atoms with van der Waals surface area (Å²) in [6, 6.07) is 10.6. The van der Waals surface area contributed by atoms with Gasteiger partial charge in [0.25, 0.3) is 0 Å². The monoisotopic (exact) mass is 233 g/mol. The minimum Gasteiger partial charge on any atom is -0.468 e. The smallest absolute Gasteiger partial charge is 0.123 e. The van der Waals surface area contributed by atoms with Crippen LogP contribution in [0.4, 0.5) is 4.39 Å². The van der Waals surface area contributed by atoms with E-state index in [4.69, 9.17) is 4.42 Å². The molecule has 1 aromatic carbocycles. The highest BCUT2D eigenvalue weighted by molar-refractivity contribution is 5.19. The van der Waals surface area contributed by atoms with Gasteiger partial charge in [-0.3, -0.25) is 0 Å². The fourth-order valence-electron chi connectivity index (χ4n) is 1.91. The highest BCUT2D eigenvalue weighted by Gasteiger charge is 2.13. The lowest BCUT2D eigenvalue weighted by molar-refractivity contribution is 0.416. The van der Waals surface area contributed by atoms with E-state index in [9.17, 15) is 4.39 Å². The van der Waals surface area contributed by atoms with Gasteiger partial charge < -0.3 is 9.73 Å². The van der Waals surface area contributed by atoms with Crippen LogP contribution in [0.15, 0.2) is 47.1 Å². The van der Waals surface area contributed by atoms with Gasteiger partial charge in [0.2, 0.25) is 0 Å². The second-order valence-electron chi connectivity index (χ2n) is 3.96. The largest absolute Gasteiger partial charge is 0.468 e. The average molecular weight is 233 g/mol. The van der Waals surface area contributed by atoms with Gasteiger partial charge in [-0.15, -0.1) is 0 Å². The molecule has 0 bridgehead atoms. The zero-order chi connectivity index (χ0) is 12.1. The van der Waals surface area contributed by atoms with Crippen LogP contribution in [0.25, 0.3) is 0 Å². The molecule has 1 atom stereocenters. The Morgan fingerprint density at radius 1 is 1.29 bits per heavy atom. The van der Waals surface area contributed by atoms with Gasteiger partial charge in [-0.2, -0.15) is 0 Å². The summed E-state index contributed by atoms with van der Waals surface area (Å²) in [7, 11) is 0. The van der Waals surface area contributed by atoms with Crippen molar-refractivity contribution in [3.05, 3.63) is 59.8 Å². The molecule has 17 heavy (non-hydrogen) atoms. The number of likely N-dealkylation sites (N-methyl/N-ethyl adjacent to an activating group) is 1. The van der Waals surface area contributed by atoms with Crippen molar-refractivity contribution in [3.63, 3.8) is 0 Å². The molecule has 2 aromatic rings. The fraction of sp³-hybridized carbons (Fsp3) is 0.286. The topological polar surface area (TPSA) is 25.2 Å². The molecular weight excluding hydrogens is 217 g/mol. The Hall–Kier alpha value is -1.61. The molecule has 0 amide bonds. The number of nitrogens with one attached hydrogen (secondary N) is 1. The molecule has 0 fully saturated rings. The van der Waals surface area contributed by atoms with Crippen LogP contribution in [0.5, 0.6) is 0 Å². The van der Waals surface area contributed by atoms with Gasteiger partial charge in [0, 0.05) is 0 Å². The second-order valence-corrected chi connectivity index (χ2v) is 3.96. The second kappa shape index (κ2) is 5.64. The first-order chi connectivity index (χ1) is 8.29. The summed E-state index contributed by atoms with van der Waals surface area (Å²) in [5.41, 5.74) is 0.965. The highest BCUT2D eigenvalue weighted by Crippen LogP contribution is 2.19. The number of furan rings is 1. The molecule has 2 rings (SSSR count). The van der Waals surface area contributed by atoms with Crippen LogP contribution < -0.4 is 5.32 Å².